The quantitative estimate of drug-likeness (QED) is 0.264. The Kier molecular flexibility index (Phi) is 16.9. The van der Waals surface area contributed by atoms with E-state index in [4.69, 9.17) is 4.74 Å². The lowest BCUT2D eigenvalue weighted by atomic mass is 10.1. The molecule has 0 aliphatic heterocycles. The predicted octanol–water partition coefficient (Wildman–Crippen LogP) is 5.85. The molecule has 0 bridgehead atoms. The highest BCUT2D eigenvalue weighted by atomic mass is 16.5. The molecule has 0 heterocycles. The maximum atomic E-state index is 10.8. The van der Waals surface area contributed by atoms with Crippen molar-refractivity contribution in [3.05, 3.63) is 12.2 Å². The first kappa shape index (κ1) is 20.4. The topological polar surface area (TPSA) is 26.3 Å². The molecule has 0 radical (unpaired) electrons. The Balaban J connectivity index is 3.07. The molecule has 21 heavy (non-hydrogen) atoms. The standard InChI is InChI=1S/C19H36O2/c1-3-4-5-14-17-21-18-15-12-10-8-6-7-9-11-13-16-19(2)20/h10,12H,3-9,11,13-18H2,1-2H3. The van der Waals surface area contributed by atoms with Crippen LogP contribution in [0.25, 0.3) is 0 Å². The van der Waals surface area contributed by atoms with Crippen molar-refractivity contribution >= 4 is 5.78 Å². The van der Waals surface area contributed by atoms with Crippen LogP contribution in [0.2, 0.25) is 0 Å². The van der Waals surface area contributed by atoms with Crippen LogP contribution in [0.5, 0.6) is 0 Å². The molecule has 0 saturated heterocycles. The lowest BCUT2D eigenvalue weighted by molar-refractivity contribution is -0.117. The van der Waals surface area contributed by atoms with Crippen LogP contribution in [0.1, 0.15) is 90.9 Å². The van der Waals surface area contributed by atoms with E-state index in [0.29, 0.717) is 5.78 Å². The van der Waals surface area contributed by atoms with E-state index in [0.717, 1.165) is 32.5 Å². The molecule has 0 N–H and O–H groups in total. The fraction of sp³-hybridized carbons (Fsp3) is 0.842. The van der Waals surface area contributed by atoms with Crippen molar-refractivity contribution in [1.29, 1.82) is 0 Å². The summed E-state index contributed by atoms with van der Waals surface area (Å²) in [7, 11) is 0. The number of Topliss-reactive ketones (excluding diaryl/α,β-unsaturated/α-hetero) is 1. The Labute approximate surface area is 132 Å². The molecule has 0 aromatic rings. The summed E-state index contributed by atoms with van der Waals surface area (Å²) in [5.41, 5.74) is 0. The Hall–Kier alpha value is -0.630. The first-order chi connectivity index (χ1) is 10.3. The van der Waals surface area contributed by atoms with E-state index in [9.17, 15) is 4.79 Å². The minimum atomic E-state index is 0.325. The summed E-state index contributed by atoms with van der Waals surface area (Å²) >= 11 is 0. The van der Waals surface area contributed by atoms with Crippen molar-refractivity contribution < 1.29 is 9.53 Å². The van der Waals surface area contributed by atoms with Gasteiger partial charge in [-0.3, -0.25) is 0 Å². The Morgan fingerprint density at radius 3 is 2.24 bits per heavy atom. The third-order valence-electron chi connectivity index (χ3n) is 3.64. The zero-order valence-electron chi connectivity index (χ0n) is 14.4. The van der Waals surface area contributed by atoms with Gasteiger partial charge < -0.3 is 9.53 Å². The van der Waals surface area contributed by atoms with Crippen LogP contribution < -0.4 is 0 Å². The van der Waals surface area contributed by atoms with Crippen molar-refractivity contribution in [2.45, 2.75) is 90.9 Å². The molecule has 0 aromatic carbocycles. The molecule has 0 fully saturated rings. The number of carbonyl (C=O) groups is 1. The summed E-state index contributed by atoms with van der Waals surface area (Å²) in [5.74, 6) is 0.325. The number of allylic oxidation sites excluding steroid dienone is 1. The maximum Gasteiger partial charge on any atom is 0.129 e. The van der Waals surface area contributed by atoms with Gasteiger partial charge in [0.05, 0.1) is 6.61 Å². The van der Waals surface area contributed by atoms with Crippen molar-refractivity contribution in [3.63, 3.8) is 0 Å². The van der Waals surface area contributed by atoms with Gasteiger partial charge in [0.1, 0.15) is 5.78 Å². The summed E-state index contributed by atoms with van der Waals surface area (Å²) in [5, 5.41) is 0. The highest BCUT2D eigenvalue weighted by molar-refractivity contribution is 5.75. The molecule has 0 aromatic heterocycles. The zero-order valence-corrected chi connectivity index (χ0v) is 14.4. The molecule has 0 unspecified atom stereocenters. The number of hydrogen-bond donors (Lipinski definition) is 0. The van der Waals surface area contributed by atoms with Gasteiger partial charge in [0, 0.05) is 13.0 Å². The van der Waals surface area contributed by atoms with Gasteiger partial charge in [-0.05, 0) is 39.0 Å². The van der Waals surface area contributed by atoms with Crippen LogP contribution in [0, 0.1) is 0 Å². The van der Waals surface area contributed by atoms with Crippen molar-refractivity contribution in [1.82, 2.24) is 0 Å². The van der Waals surface area contributed by atoms with Crippen molar-refractivity contribution in [2.75, 3.05) is 13.2 Å². The van der Waals surface area contributed by atoms with Crippen LogP contribution in [-0.2, 0) is 9.53 Å². The zero-order chi connectivity index (χ0) is 15.6. The Morgan fingerprint density at radius 2 is 1.48 bits per heavy atom. The number of ketones is 1. The van der Waals surface area contributed by atoms with E-state index >= 15 is 0 Å². The van der Waals surface area contributed by atoms with Gasteiger partial charge in [-0.25, -0.2) is 0 Å². The number of unbranched alkanes of at least 4 members (excludes halogenated alkanes) is 8. The van der Waals surface area contributed by atoms with Gasteiger partial charge >= 0.3 is 0 Å². The van der Waals surface area contributed by atoms with Gasteiger partial charge in [0.2, 0.25) is 0 Å². The van der Waals surface area contributed by atoms with Gasteiger partial charge in [-0.1, -0.05) is 57.6 Å². The second kappa shape index (κ2) is 17.4. The van der Waals surface area contributed by atoms with E-state index in [1.807, 2.05) is 0 Å². The van der Waals surface area contributed by atoms with Crippen LogP contribution >= 0.6 is 0 Å². The maximum absolute atomic E-state index is 10.8. The number of carbonyl (C=O) groups excluding carboxylic acids is 1. The number of hydrogen-bond acceptors (Lipinski definition) is 2. The summed E-state index contributed by atoms with van der Waals surface area (Å²) < 4.78 is 5.59. The molecular formula is C19H36O2. The predicted molar refractivity (Wildman–Crippen MR) is 91.7 cm³/mol. The van der Waals surface area contributed by atoms with E-state index in [-0.39, 0.29) is 0 Å². The molecule has 0 aliphatic carbocycles. The second-order valence-electron chi connectivity index (χ2n) is 5.94. The SMILES string of the molecule is CCCCCCOCCC=CCCCCCCCC(C)=O. The van der Waals surface area contributed by atoms with E-state index in [1.165, 1.54) is 57.8 Å². The van der Waals surface area contributed by atoms with Crippen molar-refractivity contribution in [2.24, 2.45) is 0 Å². The van der Waals surface area contributed by atoms with Gasteiger partial charge in [-0.15, -0.1) is 0 Å². The fourth-order valence-electron chi connectivity index (χ4n) is 2.29. The van der Waals surface area contributed by atoms with Gasteiger partial charge in [-0.2, -0.15) is 0 Å². The van der Waals surface area contributed by atoms with Crippen LogP contribution in [0.15, 0.2) is 12.2 Å². The second-order valence-corrected chi connectivity index (χ2v) is 5.94. The molecule has 124 valence electrons. The van der Waals surface area contributed by atoms with Gasteiger partial charge in [0.25, 0.3) is 0 Å². The van der Waals surface area contributed by atoms with Crippen LogP contribution in [0.3, 0.4) is 0 Å². The minimum Gasteiger partial charge on any atom is -0.381 e. The first-order valence-electron chi connectivity index (χ1n) is 8.99. The monoisotopic (exact) mass is 296 g/mol. The lowest BCUT2D eigenvalue weighted by Crippen LogP contribution is -1.95. The largest absolute Gasteiger partial charge is 0.381 e. The average molecular weight is 296 g/mol. The van der Waals surface area contributed by atoms with Crippen molar-refractivity contribution in [3.8, 4) is 0 Å². The minimum absolute atomic E-state index is 0.325. The molecule has 0 aliphatic rings. The molecule has 0 rings (SSSR count). The third kappa shape index (κ3) is 19.4. The molecule has 0 saturated carbocycles. The van der Waals surface area contributed by atoms with Crippen LogP contribution in [0.4, 0.5) is 0 Å². The first-order valence-corrected chi connectivity index (χ1v) is 8.99. The van der Waals surface area contributed by atoms with Crippen LogP contribution in [-0.4, -0.2) is 19.0 Å². The highest BCUT2D eigenvalue weighted by Gasteiger charge is 1.93. The molecule has 2 heteroatoms. The number of ether oxygens (including phenoxy) is 1. The van der Waals surface area contributed by atoms with E-state index in [2.05, 4.69) is 19.1 Å². The summed E-state index contributed by atoms with van der Waals surface area (Å²) in [6, 6.07) is 0. The molecular weight excluding hydrogens is 260 g/mol. The van der Waals surface area contributed by atoms with E-state index in [1.54, 1.807) is 6.92 Å². The molecule has 0 spiro atoms. The lowest BCUT2D eigenvalue weighted by Gasteiger charge is -2.01. The summed E-state index contributed by atoms with van der Waals surface area (Å²) in [6.07, 6.45) is 18.8. The highest BCUT2D eigenvalue weighted by Crippen LogP contribution is 2.08. The molecule has 0 atom stereocenters. The smallest absolute Gasteiger partial charge is 0.129 e. The Bertz CT molecular complexity index is 246. The fourth-order valence-corrected chi connectivity index (χ4v) is 2.29. The number of rotatable bonds is 16. The summed E-state index contributed by atoms with van der Waals surface area (Å²) in [4.78, 5) is 10.8. The van der Waals surface area contributed by atoms with Gasteiger partial charge in [0.15, 0.2) is 0 Å². The van der Waals surface area contributed by atoms with E-state index < -0.39 is 0 Å². The average Bonchev–Trinajstić information content (AvgIpc) is 2.46. The Morgan fingerprint density at radius 1 is 0.810 bits per heavy atom. The normalized spacial score (nSPS) is 11.3. The molecule has 0 amide bonds. The molecule has 2 nitrogen and oxygen atoms in total. The summed E-state index contributed by atoms with van der Waals surface area (Å²) in [6.45, 7) is 5.71. The third-order valence-corrected chi connectivity index (χ3v) is 3.64.